The quantitative estimate of drug-likeness (QED) is 0.216. The number of nitrogens with one attached hydrogen (secondary N) is 2. The van der Waals surface area contributed by atoms with Gasteiger partial charge >= 0.3 is 0 Å². The first-order valence-electron chi connectivity index (χ1n) is 11.9. The Morgan fingerprint density at radius 3 is 2.50 bits per heavy atom. The zero-order valence-corrected chi connectivity index (χ0v) is 20.9. The van der Waals surface area contributed by atoms with Crippen LogP contribution in [0.5, 0.6) is 5.75 Å². The first-order valence-corrected chi connectivity index (χ1v) is 12.8. The minimum atomic E-state index is -0.224. The van der Waals surface area contributed by atoms with Gasteiger partial charge < -0.3 is 15.0 Å². The molecule has 0 atom stereocenters. The van der Waals surface area contributed by atoms with Gasteiger partial charge in [0.15, 0.2) is 5.16 Å². The summed E-state index contributed by atoms with van der Waals surface area (Å²) in [5, 5.41) is 4.23. The number of amides is 1. The van der Waals surface area contributed by atoms with Crippen molar-refractivity contribution in [2.45, 2.75) is 25.4 Å². The first-order chi connectivity index (χ1) is 17.6. The van der Waals surface area contributed by atoms with Crippen LogP contribution in [0.1, 0.15) is 19.4 Å². The van der Waals surface area contributed by atoms with Gasteiger partial charge in [-0.2, -0.15) is 0 Å². The molecule has 5 aromatic rings. The van der Waals surface area contributed by atoms with E-state index in [4.69, 9.17) is 9.72 Å². The number of carbonyl (C=O) groups is 1. The molecule has 0 spiro atoms. The van der Waals surface area contributed by atoms with Gasteiger partial charge in [-0.3, -0.25) is 14.2 Å². The molecule has 1 amide bonds. The van der Waals surface area contributed by atoms with Crippen molar-refractivity contribution < 1.29 is 9.53 Å². The molecule has 0 fully saturated rings. The summed E-state index contributed by atoms with van der Waals surface area (Å²) in [4.78, 5) is 34.5. The Bertz CT molecular complexity index is 1590. The predicted molar refractivity (Wildman–Crippen MR) is 146 cm³/mol. The second kappa shape index (κ2) is 10.3. The average Bonchev–Trinajstić information content (AvgIpc) is 3.28. The summed E-state index contributed by atoms with van der Waals surface area (Å²) in [6, 6.07) is 22.8. The molecule has 5 rings (SSSR count). The van der Waals surface area contributed by atoms with Crippen molar-refractivity contribution in [2.75, 3.05) is 17.7 Å². The maximum Gasteiger partial charge on any atom is 0.283 e. The van der Waals surface area contributed by atoms with Gasteiger partial charge in [0.2, 0.25) is 5.91 Å². The number of ether oxygens (including phenoxy) is 1. The van der Waals surface area contributed by atoms with Gasteiger partial charge in [0.25, 0.3) is 5.56 Å². The standard InChI is InChI=1S/C28H26N4O3S/c1-3-18-9-11-19(12-10-18)29-24(33)17-36-28-31-25-22-7-5-6-8-23(22)30-26(25)27(34)32(28)20-13-15-21(16-14-20)35-4-2/h5-16,30H,3-4,17H2,1-2H3,(H,29,33). The summed E-state index contributed by atoms with van der Waals surface area (Å²) in [6.45, 7) is 4.56. The molecule has 0 unspecified atom stereocenters. The average molecular weight is 499 g/mol. The summed E-state index contributed by atoms with van der Waals surface area (Å²) in [5.41, 5.74) is 4.23. The van der Waals surface area contributed by atoms with E-state index in [9.17, 15) is 9.59 Å². The molecule has 3 aromatic carbocycles. The predicted octanol–water partition coefficient (Wildman–Crippen LogP) is 5.56. The third kappa shape index (κ3) is 4.72. The van der Waals surface area contributed by atoms with Crippen LogP contribution < -0.4 is 15.6 Å². The van der Waals surface area contributed by atoms with E-state index in [1.54, 1.807) is 4.57 Å². The number of hydrogen-bond donors (Lipinski definition) is 2. The Morgan fingerprint density at radius 1 is 1.03 bits per heavy atom. The number of anilines is 1. The Balaban J connectivity index is 1.51. The van der Waals surface area contributed by atoms with E-state index >= 15 is 0 Å². The number of aromatic amines is 1. The van der Waals surface area contributed by atoms with Crippen LogP contribution in [-0.4, -0.2) is 32.8 Å². The Hall–Kier alpha value is -4.04. The lowest BCUT2D eigenvalue weighted by Gasteiger charge is -2.13. The van der Waals surface area contributed by atoms with Crippen molar-refractivity contribution in [3.8, 4) is 11.4 Å². The highest BCUT2D eigenvalue weighted by Crippen LogP contribution is 2.27. The van der Waals surface area contributed by atoms with Gasteiger partial charge in [-0.05, 0) is 61.4 Å². The smallest absolute Gasteiger partial charge is 0.283 e. The normalized spacial score (nSPS) is 11.2. The number of hydrogen-bond acceptors (Lipinski definition) is 5. The largest absolute Gasteiger partial charge is 0.494 e. The fraction of sp³-hybridized carbons (Fsp3) is 0.179. The third-order valence-electron chi connectivity index (χ3n) is 5.88. The molecule has 8 heteroatoms. The van der Waals surface area contributed by atoms with E-state index in [1.165, 1.54) is 17.3 Å². The van der Waals surface area contributed by atoms with Crippen molar-refractivity contribution in [1.29, 1.82) is 0 Å². The minimum Gasteiger partial charge on any atom is -0.494 e. The zero-order chi connectivity index (χ0) is 25.1. The van der Waals surface area contributed by atoms with Crippen LogP contribution in [0.2, 0.25) is 0 Å². The van der Waals surface area contributed by atoms with Gasteiger partial charge in [-0.15, -0.1) is 0 Å². The van der Waals surface area contributed by atoms with Gasteiger partial charge in [-0.25, -0.2) is 4.98 Å². The fourth-order valence-corrected chi connectivity index (χ4v) is 4.88. The molecular weight excluding hydrogens is 472 g/mol. The maximum atomic E-state index is 13.7. The highest BCUT2D eigenvalue weighted by molar-refractivity contribution is 7.99. The van der Waals surface area contributed by atoms with Crippen LogP contribution in [0.3, 0.4) is 0 Å². The molecule has 36 heavy (non-hydrogen) atoms. The van der Waals surface area contributed by atoms with E-state index in [0.29, 0.717) is 28.5 Å². The van der Waals surface area contributed by atoms with E-state index in [0.717, 1.165) is 28.8 Å². The van der Waals surface area contributed by atoms with Crippen molar-refractivity contribution in [2.24, 2.45) is 0 Å². The lowest BCUT2D eigenvalue weighted by Crippen LogP contribution is -2.23. The van der Waals surface area contributed by atoms with Crippen LogP contribution >= 0.6 is 11.8 Å². The number of aromatic nitrogens is 3. The molecule has 2 N–H and O–H groups in total. The summed E-state index contributed by atoms with van der Waals surface area (Å²) >= 11 is 1.23. The van der Waals surface area contributed by atoms with Crippen LogP contribution in [-0.2, 0) is 11.2 Å². The molecule has 0 saturated heterocycles. The number of para-hydroxylation sites is 1. The van der Waals surface area contributed by atoms with E-state index < -0.39 is 0 Å². The maximum absolute atomic E-state index is 13.7. The second-order valence-corrected chi connectivity index (χ2v) is 9.19. The third-order valence-corrected chi connectivity index (χ3v) is 6.82. The number of thioether (sulfide) groups is 1. The summed E-state index contributed by atoms with van der Waals surface area (Å²) < 4.78 is 7.09. The van der Waals surface area contributed by atoms with E-state index in [2.05, 4.69) is 17.2 Å². The highest BCUT2D eigenvalue weighted by atomic mass is 32.2. The monoisotopic (exact) mass is 498 g/mol. The number of H-pyrrole nitrogens is 1. The Kier molecular flexibility index (Phi) is 6.77. The van der Waals surface area contributed by atoms with Gasteiger partial charge in [0.05, 0.1) is 18.0 Å². The van der Waals surface area contributed by atoms with Gasteiger partial charge in [0, 0.05) is 16.6 Å². The lowest BCUT2D eigenvalue weighted by molar-refractivity contribution is -0.113. The number of nitrogens with zero attached hydrogens (tertiary/aromatic N) is 2. The second-order valence-electron chi connectivity index (χ2n) is 8.24. The molecule has 7 nitrogen and oxygen atoms in total. The molecule has 0 aliphatic rings. The fourth-order valence-electron chi connectivity index (χ4n) is 4.08. The molecule has 2 aromatic heterocycles. The van der Waals surface area contributed by atoms with Crippen LogP contribution in [0.25, 0.3) is 27.6 Å². The molecule has 182 valence electrons. The lowest BCUT2D eigenvalue weighted by atomic mass is 10.1. The molecule has 0 radical (unpaired) electrons. The summed E-state index contributed by atoms with van der Waals surface area (Å²) in [6.07, 6.45) is 0.940. The van der Waals surface area contributed by atoms with Crippen molar-refractivity contribution in [1.82, 2.24) is 14.5 Å². The van der Waals surface area contributed by atoms with Gasteiger partial charge in [0.1, 0.15) is 16.8 Å². The van der Waals surface area contributed by atoms with Crippen molar-refractivity contribution in [3.05, 3.63) is 88.7 Å². The van der Waals surface area contributed by atoms with Crippen LogP contribution in [0, 0.1) is 0 Å². The minimum absolute atomic E-state index is 0.104. The SMILES string of the molecule is CCOc1ccc(-n2c(SCC(=O)Nc3ccc(CC)cc3)nc3c([nH]c4ccccc43)c2=O)cc1. The van der Waals surface area contributed by atoms with Crippen molar-refractivity contribution >= 4 is 45.3 Å². The Morgan fingerprint density at radius 2 is 1.78 bits per heavy atom. The highest BCUT2D eigenvalue weighted by Gasteiger charge is 2.18. The topological polar surface area (TPSA) is 89.0 Å². The molecule has 0 bridgehead atoms. The summed E-state index contributed by atoms with van der Waals surface area (Å²) in [7, 11) is 0. The molecule has 0 aliphatic carbocycles. The summed E-state index contributed by atoms with van der Waals surface area (Å²) in [5.74, 6) is 0.653. The molecule has 0 saturated carbocycles. The number of rotatable bonds is 8. The zero-order valence-electron chi connectivity index (χ0n) is 20.1. The molecule has 0 aliphatic heterocycles. The van der Waals surface area contributed by atoms with Crippen molar-refractivity contribution in [3.63, 3.8) is 0 Å². The number of fused-ring (bicyclic) bond motifs is 3. The van der Waals surface area contributed by atoms with Crippen LogP contribution in [0.4, 0.5) is 5.69 Å². The molecular formula is C28H26N4O3S. The van der Waals surface area contributed by atoms with Gasteiger partial charge in [-0.1, -0.05) is 49.0 Å². The first kappa shape index (κ1) is 23.7. The van der Waals surface area contributed by atoms with E-state index in [-0.39, 0.29) is 17.2 Å². The van der Waals surface area contributed by atoms with Crippen LogP contribution in [0.15, 0.2) is 82.7 Å². The number of carbonyl (C=O) groups excluding carboxylic acids is 1. The molecule has 2 heterocycles. The van der Waals surface area contributed by atoms with E-state index in [1.807, 2.05) is 79.7 Å². The number of benzene rings is 3. The number of aryl methyl sites for hydroxylation is 1. The Labute approximate surface area is 212 Å².